The van der Waals surface area contributed by atoms with E-state index in [1.165, 1.54) is 0 Å². The third-order valence-electron chi connectivity index (χ3n) is 5.01. The molecule has 0 aliphatic carbocycles. The lowest BCUT2D eigenvalue weighted by molar-refractivity contribution is 0.0934. The van der Waals surface area contributed by atoms with Gasteiger partial charge < -0.3 is 10.1 Å². The highest BCUT2D eigenvalue weighted by Gasteiger charge is 2.12. The van der Waals surface area contributed by atoms with E-state index in [4.69, 9.17) is 17.0 Å². The Hall–Kier alpha value is -4.24. The highest BCUT2D eigenvalue weighted by molar-refractivity contribution is 7.80. The van der Waals surface area contributed by atoms with Crippen LogP contribution in [0.3, 0.4) is 0 Å². The van der Waals surface area contributed by atoms with E-state index in [0.29, 0.717) is 40.7 Å². The Bertz CT molecular complexity index is 1240. The maximum atomic E-state index is 12.4. The lowest BCUT2D eigenvalue weighted by atomic mass is 10.1. The smallest absolute Gasteiger partial charge is 0.269 e. The van der Waals surface area contributed by atoms with E-state index < -0.39 is 11.8 Å². The van der Waals surface area contributed by atoms with Crippen LogP contribution in [0.2, 0.25) is 0 Å². The summed E-state index contributed by atoms with van der Waals surface area (Å²) in [5.41, 5.74) is 7.67. The van der Waals surface area contributed by atoms with E-state index in [0.717, 1.165) is 5.56 Å². The number of anilines is 1. The van der Waals surface area contributed by atoms with Crippen LogP contribution in [0.1, 0.15) is 50.5 Å². The predicted octanol–water partition coefficient (Wildman–Crippen LogP) is 4.23. The number of thiocarbonyl (C=S) groups is 1. The van der Waals surface area contributed by atoms with Crippen molar-refractivity contribution in [2.24, 2.45) is 5.92 Å². The van der Waals surface area contributed by atoms with Crippen LogP contribution >= 0.6 is 12.2 Å². The second-order valence-electron chi connectivity index (χ2n) is 8.44. The molecule has 4 N–H and O–H groups in total. The summed E-state index contributed by atoms with van der Waals surface area (Å²) in [6.07, 6.45) is 0. The number of carbonyl (C=O) groups excluding carboxylic acids is 3. The summed E-state index contributed by atoms with van der Waals surface area (Å²) in [5.74, 6) is -0.0462. The van der Waals surface area contributed by atoms with Crippen LogP contribution in [0.15, 0.2) is 72.8 Å². The molecule has 0 radical (unpaired) electrons. The predicted molar refractivity (Wildman–Crippen MR) is 143 cm³/mol. The van der Waals surface area contributed by atoms with E-state index in [-0.39, 0.29) is 11.0 Å². The summed E-state index contributed by atoms with van der Waals surface area (Å²) in [6.45, 7) is 6.55. The molecule has 0 aliphatic rings. The minimum atomic E-state index is -0.463. The third-order valence-corrected chi connectivity index (χ3v) is 5.22. The third kappa shape index (κ3) is 7.64. The average Bonchev–Trinajstić information content (AvgIpc) is 2.87. The number of hydrogen-bond acceptors (Lipinski definition) is 5. The quantitative estimate of drug-likeness (QED) is 0.283. The van der Waals surface area contributed by atoms with Gasteiger partial charge >= 0.3 is 0 Å². The van der Waals surface area contributed by atoms with Gasteiger partial charge in [0.1, 0.15) is 5.75 Å². The Morgan fingerprint density at radius 2 is 1.42 bits per heavy atom. The van der Waals surface area contributed by atoms with Crippen molar-refractivity contribution in [3.8, 4) is 5.75 Å². The van der Waals surface area contributed by atoms with E-state index >= 15 is 0 Å². The van der Waals surface area contributed by atoms with Gasteiger partial charge in [-0.1, -0.05) is 32.0 Å². The van der Waals surface area contributed by atoms with Crippen molar-refractivity contribution >= 4 is 40.7 Å². The van der Waals surface area contributed by atoms with Crippen LogP contribution < -0.4 is 26.2 Å². The van der Waals surface area contributed by atoms with Crippen molar-refractivity contribution in [1.29, 1.82) is 0 Å². The Kier molecular flexibility index (Phi) is 9.13. The number of aryl methyl sites for hydroxylation is 1. The second-order valence-corrected chi connectivity index (χ2v) is 8.85. The van der Waals surface area contributed by atoms with E-state index in [2.05, 4.69) is 35.3 Å². The number of hydrogen-bond donors (Lipinski definition) is 4. The maximum Gasteiger partial charge on any atom is 0.269 e. The molecular formula is C27H28N4O4S. The molecule has 36 heavy (non-hydrogen) atoms. The van der Waals surface area contributed by atoms with Crippen molar-refractivity contribution in [2.75, 3.05) is 11.9 Å². The Balaban J connectivity index is 1.46. The fraction of sp³-hybridized carbons (Fsp3) is 0.185. The lowest BCUT2D eigenvalue weighted by Crippen LogP contribution is -2.48. The van der Waals surface area contributed by atoms with Crippen LogP contribution in [-0.4, -0.2) is 29.4 Å². The van der Waals surface area contributed by atoms with Gasteiger partial charge in [0.15, 0.2) is 5.11 Å². The summed E-state index contributed by atoms with van der Waals surface area (Å²) >= 11 is 5.09. The SMILES string of the molecule is Cc1ccccc1C(=O)Nc1ccc(C(=O)NNC(=S)NC(=O)c2ccc(OCC(C)C)cc2)cc1. The number of rotatable bonds is 7. The summed E-state index contributed by atoms with van der Waals surface area (Å²) in [4.78, 5) is 37.2. The number of benzene rings is 3. The molecule has 9 heteroatoms. The number of ether oxygens (including phenoxy) is 1. The van der Waals surface area contributed by atoms with Gasteiger partial charge in [-0.3, -0.25) is 30.6 Å². The van der Waals surface area contributed by atoms with Crippen molar-refractivity contribution in [1.82, 2.24) is 16.2 Å². The van der Waals surface area contributed by atoms with Gasteiger partial charge in [0.05, 0.1) is 6.61 Å². The molecule has 0 spiro atoms. The average molecular weight is 505 g/mol. The first-order valence-electron chi connectivity index (χ1n) is 11.3. The van der Waals surface area contributed by atoms with Crippen molar-refractivity contribution in [3.63, 3.8) is 0 Å². The highest BCUT2D eigenvalue weighted by Crippen LogP contribution is 2.14. The van der Waals surface area contributed by atoms with Gasteiger partial charge in [0.2, 0.25) is 0 Å². The Morgan fingerprint density at radius 3 is 2.06 bits per heavy atom. The van der Waals surface area contributed by atoms with Crippen LogP contribution in [0.5, 0.6) is 5.75 Å². The Morgan fingerprint density at radius 1 is 0.806 bits per heavy atom. The minimum Gasteiger partial charge on any atom is -0.493 e. The van der Waals surface area contributed by atoms with Crippen LogP contribution in [0.4, 0.5) is 5.69 Å². The molecule has 8 nitrogen and oxygen atoms in total. The molecule has 0 saturated heterocycles. The summed E-state index contributed by atoms with van der Waals surface area (Å²) in [5, 5.41) is 5.25. The van der Waals surface area contributed by atoms with Gasteiger partial charge in [-0.25, -0.2) is 0 Å². The zero-order valence-corrected chi connectivity index (χ0v) is 21.1. The molecule has 3 aromatic carbocycles. The summed E-state index contributed by atoms with van der Waals surface area (Å²) < 4.78 is 5.60. The normalized spacial score (nSPS) is 10.3. The van der Waals surface area contributed by atoms with Gasteiger partial charge in [-0.15, -0.1) is 0 Å². The molecule has 0 aromatic heterocycles. The fourth-order valence-corrected chi connectivity index (χ4v) is 3.23. The monoisotopic (exact) mass is 504 g/mol. The van der Waals surface area contributed by atoms with Gasteiger partial charge in [-0.05, 0) is 85.2 Å². The first-order valence-corrected chi connectivity index (χ1v) is 11.8. The van der Waals surface area contributed by atoms with Crippen LogP contribution in [-0.2, 0) is 0 Å². The lowest BCUT2D eigenvalue weighted by Gasteiger charge is -2.12. The van der Waals surface area contributed by atoms with Gasteiger partial charge in [0, 0.05) is 22.4 Å². The molecule has 0 bridgehead atoms. The van der Waals surface area contributed by atoms with E-state index in [1.807, 2.05) is 19.1 Å². The van der Waals surface area contributed by atoms with Crippen molar-refractivity contribution in [3.05, 3.63) is 95.1 Å². The van der Waals surface area contributed by atoms with Crippen LogP contribution in [0, 0.1) is 12.8 Å². The largest absolute Gasteiger partial charge is 0.493 e. The van der Waals surface area contributed by atoms with Gasteiger partial charge in [0.25, 0.3) is 17.7 Å². The topological polar surface area (TPSA) is 109 Å². The molecule has 0 atom stereocenters. The first-order chi connectivity index (χ1) is 17.2. The molecule has 3 rings (SSSR count). The molecule has 0 heterocycles. The van der Waals surface area contributed by atoms with E-state index in [9.17, 15) is 14.4 Å². The minimum absolute atomic E-state index is 0.0596. The van der Waals surface area contributed by atoms with E-state index in [1.54, 1.807) is 60.7 Å². The highest BCUT2D eigenvalue weighted by atomic mass is 32.1. The van der Waals surface area contributed by atoms with Gasteiger partial charge in [-0.2, -0.15) is 0 Å². The standard InChI is InChI=1S/C27H28N4O4S/c1-17(2)16-35-22-14-10-19(11-15-22)24(32)29-27(36)31-30-25(33)20-8-12-21(13-9-20)28-26(34)23-7-5-4-6-18(23)3/h4-15,17H,16H2,1-3H3,(H,28,34)(H,30,33)(H2,29,31,32,36). The Labute approximate surface area is 215 Å². The summed E-state index contributed by atoms with van der Waals surface area (Å²) in [7, 11) is 0. The molecule has 3 amide bonds. The zero-order valence-electron chi connectivity index (χ0n) is 20.3. The molecule has 3 aromatic rings. The molecule has 0 aliphatic heterocycles. The zero-order chi connectivity index (χ0) is 26.1. The number of nitrogens with one attached hydrogen (secondary N) is 4. The number of hydrazine groups is 1. The number of carbonyl (C=O) groups is 3. The fourth-order valence-electron chi connectivity index (χ4n) is 3.09. The maximum absolute atomic E-state index is 12.4. The molecule has 0 unspecified atom stereocenters. The molecule has 0 fully saturated rings. The second kappa shape index (κ2) is 12.5. The molecule has 0 saturated carbocycles. The molecular weight excluding hydrogens is 476 g/mol. The van der Waals surface area contributed by atoms with Crippen molar-refractivity contribution in [2.45, 2.75) is 20.8 Å². The molecule has 186 valence electrons. The first kappa shape index (κ1) is 26.4. The summed E-state index contributed by atoms with van der Waals surface area (Å²) in [6, 6.07) is 20.3. The van der Waals surface area contributed by atoms with Crippen LogP contribution in [0.25, 0.3) is 0 Å². The van der Waals surface area contributed by atoms with Crippen molar-refractivity contribution < 1.29 is 19.1 Å². The number of amides is 3.